The minimum atomic E-state index is -0.459. The van der Waals surface area contributed by atoms with E-state index in [2.05, 4.69) is 16.6 Å². The Labute approximate surface area is 186 Å². The summed E-state index contributed by atoms with van der Waals surface area (Å²) in [5, 5.41) is 5.36. The van der Waals surface area contributed by atoms with Gasteiger partial charge in [-0.3, -0.25) is 4.79 Å². The van der Waals surface area contributed by atoms with Gasteiger partial charge in [0, 0.05) is 28.5 Å². The van der Waals surface area contributed by atoms with Crippen LogP contribution in [0.15, 0.2) is 32.3 Å². The second-order valence-electron chi connectivity index (χ2n) is 8.33. The van der Waals surface area contributed by atoms with Gasteiger partial charge in [-0.25, -0.2) is 10.2 Å². The summed E-state index contributed by atoms with van der Waals surface area (Å²) < 4.78 is 16.7. The highest BCUT2D eigenvalue weighted by Crippen LogP contribution is 2.30. The second kappa shape index (κ2) is 9.02. The number of hydrogen-bond donors (Lipinski definition) is 1. The number of nitrogens with one attached hydrogen (secondary N) is 1. The molecule has 1 aromatic carbocycles. The molecule has 0 fully saturated rings. The first-order valence-corrected chi connectivity index (χ1v) is 11.0. The Bertz CT molecular complexity index is 1210. The van der Waals surface area contributed by atoms with Gasteiger partial charge in [0.1, 0.15) is 11.3 Å². The smallest absolute Gasteiger partial charge is 0.374 e. The van der Waals surface area contributed by atoms with Crippen LogP contribution >= 0.6 is 0 Å². The van der Waals surface area contributed by atoms with Gasteiger partial charge in [-0.15, -0.1) is 0 Å². The maximum Gasteiger partial charge on any atom is 0.374 e. The molecule has 2 aromatic heterocycles. The Morgan fingerprint density at radius 1 is 1.19 bits per heavy atom. The van der Waals surface area contributed by atoms with Gasteiger partial charge in [-0.1, -0.05) is 13.0 Å². The number of fused-ring (bicyclic) bond motifs is 2. The van der Waals surface area contributed by atoms with Crippen molar-refractivity contribution in [2.75, 3.05) is 6.61 Å². The maximum atomic E-state index is 12.6. The first kappa shape index (κ1) is 21.9. The molecule has 3 aromatic rings. The third-order valence-corrected chi connectivity index (χ3v) is 5.71. The van der Waals surface area contributed by atoms with E-state index in [0.29, 0.717) is 18.6 Å². The number of amides is 1. The number of aryl methyl sites for hydroxylation is 3. The number of nitrogens with zero attached hydrogens (tertiary/aromatic N) is 1. The number of ether oxygens (including phenoxy) is 1. The van der Waals surface area contributed by atoms with Gasteiger partial charge in [0.15, 0.2) is 0 Å². The Morgan fingerprint density at radius 2 is 2.00 bits per heavy atom. The molecule has 0 saturated carbocycles. The predicted octanol–water partition coefficient (Wildman–Crippen LogP) is 4.92. The fourth-order valence-electron chi connectivity index (χ4n) is 4.33. The predicted molar refractivity (Wildman–Crippen MR) is 121 cm³/mol. The molecular formula is C25H28N2O5. The van der Waals surface area contributed by atoms with Crippen molar-refractivity contribution < 1.29 is 23.2 Å². The lowest BCUT2D eigenvalue weighted by atomic mass is 9.93. The number of esters is 1. The van der Waals surface area contributed by atoms with E-state index in [1.807, 2.05) is 33.8 Å². The van der Waals surface area contributed by atoms with Crippen LogP contribution in [-0.4, -0.2) is 24.2 Å². The van der Waals surface area contributed by atoms with Gasteiger partial charge in [-0.2, -0.15) is 5.10 Å². The van der Waals surface area contributed by atoms with Crippen LogP contribution in [-0.2, 0) is 22.4 Å². The highest BCUT2D eigenvalue weighted by atomic mass is 16.5. The molecule has 1 aliphatic carbocycles. The summed E-state index contributed by atoms with van der Waals surface area (Å²) in [6, 6.07) is 4.05. The lowest BCUT2D eigenvalue weighted by Gasteiger charge is -2.13. The summed E-state index contributed by atoms with van der Waals surface area (Å²) in [4.78, 5) is 25.0. The summed E-state index contributed by atoms with van der Waals surface area (Å²) >= 11 is 0. The van der Waals surface area contributed by atoms with Crippen LogP contribution in [0.4, 0.5) is 0 Å². The van der Waals surface area contributed by atoms with Gasteiger partial charge in [0.2, 0.25) is 11.7 Å². The van der Waals surface area contributed by atoms with E-state index >= 15 is 0 Å². The molecule has 0 spiro atoms. The number of carbonyl (C=O) groups excluding carboxylic acids is 2. The van der Waals surface area contributed by atoms with Crippen molar-refractivity contribution in [2.45, 2.75) is 59.8 Å². The molecule has 32 heavy (non-hydrogen) atoms. The number of carbonyl (C=O) groups is 2. The van der Waals surface area contributed by atoms with Crippen LogP contribution in [0.5, 0.6) is 0 Å². The Morgan fingerprint density at radius 3 is 2.78 bits per heavy atom. The molecule has 168 valence electrons. The van der Waals surface area contributed by atoms with Crippen LogP contribution in [0.1, 0.15) is 70.3 Å². The average Bonchev–Trinajstić information content (AvgIpc) is 3.31. The first-order chi connectivity index (χ1) is 15.4. The van der Waals surface area contributed by atoms with Crippen molar-refractivity contribution in [3.8, 4) is 0 Å². The molecule has 2 heterocycles. The van der Waals surface area contributed by atoms with Crippen LogP contribution in [0.25, 0.3) is 11.0 Å². The molecule has 0 radical (unpaired) electrons. The Balaban J connectivity index is 1.52. The van der Waals surface area contributed by atoms with Crippen molar-refractivity contribution >= 4 is 28.6 Å². The van der Waals surface area contributed by atoms with E-state index < -0.39 is 5.97 Å². The van der Waals surface area contributed by atoms with E-state index in [0.717, 1.165) is 64.0 Å². The summed E-state index contributed by atoms with van der Waals surface area (Å²) in [5.74, 6) is 0.257. The van der Waals surface area contributed by atoms with Crippen molar-refractivity contribution in [1.29, 1.82) is 0 Å². The molecule has 0 aliphatic heterocycles. The van der Waals surface area contributed by atoms with Crippen LogP contribution in [0.2, 0.25) is 0 Å². The number of furan rings is 2. The quantitative estimate of drug-likeness (QED) is 0.437. The van der Waals surface area contributed by atoms with E-state index in [-0.39, 0.29) is 18.1 Å². The SMILES string of the molecule is CCCOC(=O)c1oc2c(c1C)/C(=N/NC(=O)Cc1coc3cc(C)cc(C)c13)CCC2. The highest BCUT2D eigenvalue weighted by Gasteiger charge is 2.28. The molecule has 0 atom stereocenters. The number of rotatable bonds is 6. The van der Waals surface area contributed by atoms with E-state index in [9.17, 15) is 9.59 Å². The van der Waals surface area contributed by atoms with Crippen molar-refractivity contribution in [3.63, 3.8) is 0 Å². The third-order valence-electron chi connectivity index (χ3n) is 5.71. The van der Waals surface area contributed by atoms with Crippen molar-refractivity contribution in [1.82, 2.24) is 5.43 Å². The second-order valence-corrected chi connectivity index (χ2v) is 8.33. The number of hydrogen-bond acceptors (Lipinski definition) is 6. The summed E-state index contributed by atoms with van der Waals surface area (Å²) in [7, 11) is 0. The number of hydrazone groups is 1. The molecule has 1 amide bonds. The summed E-state index contributed by atoms with van der Waals surface area (Å²) in [5.41, 5.74) is 8.73. The Hall–Kier alpha value is -3.35. The van der Waals surface area contributed by atoms with Gasteiger partial charge in [0.25, 0.3) is 0 Å². The zero-order chi connectivity index (χ0) is 22.8. The van der Waals surface area contributed by atoms with Crippen molar-refractivity contribution in [2.24, 2.45) is 5.10 Å². The normalized spacial score (nSPS) is 14.6. The van der Waals surface area contributed by atoms with Crippen LogP contribution in [0, 0.1) is 20.8 Å². The topological polar surface area (TPSA) is 94.0 Å². The third kappa shape index (κ3) is 4.20. The van der Waals surface area contributed by atoms with E-state index in [1.165, 1.54) is 0 Å². The molecule has 1 aliphatic rings. The largest absolute Gasteiger partial charge is 0.464 e. The molecule has 0 saturated heterocycles. The van der Waals surface area contributed by atoms with Gasteiger partial charge in [0.05, 0.1) is 25.0 Å². The van der Waals surface area contributed by atoms with Crippen LogP contribution < -0.4 is 5.43 Å². The highest BCUT2D eigenvalue weighted by molar-refractivity contribution is 6.06. The minimum absolute atomic E-state index is 0.166. The molecule has 0 bridgehead atoms. The monoisotopic (exact) mass is 436 g/mol. The zero-order valence-corrected chi connectivity index (χ0v) is 19.0. The minimum Gasteiger partial charge on any atom is -0.464 e. The fourth-order valence-corrected chi connectivity index (χ4v) is 4.33. The lowest BCUT2D eigenvalue weighted by molar-refractivity contribution is -0.120. The molecule has 7 nitrogen and oxygen atoms in total. The van der Waals surface area contributed by atoms with E-state index in [4.69, 9.17) is 13.6 Å². The molecule has 1 N–H and O–H groups in total. The van der Waals surface area contributed by atoms with Crippen molar-refractivity contribution in [3.05, 3.63) is 57.7 Å². The van der Waals surface area contributed by atoms with Gasteiger partial charge < -0.3 is 13.6 Å². The summed E-state index contributed by atoms with van der Waals surface area (Å²) in [6.07, 6.45) is 4.81. The Kier molecular flexibility index (Phi) is 6.17. The standard InChI is InChI=1S/C25H28N2O5/c1-5-9-30-25(29)24-16(4)23-18(7-6-8-19(23)32-24)26-27-21(28)12-17-13-31-20-11-14(2)10-15(3)22(17)20/h10-11,13H,5-9,12H2,1-4H3,(H,27,28)/b26-18+. The van der Waals surface area contributed by atoms with Gasteiger partial charge >= 0.3 is 5.97 Å². The average molecular weight is 437 g/mol. The van der Waals surface area contributed by atoms with Crippen LogP contribution in [0.3, 0.4) is 0 Å². The van der Waals surface area contributed by atoms with E-state index in [1.54, 1.807) is 6.26 Å². The first-order valence-electron chi connectivity index (χ1n) is 11.0. The molecule has 7 heteroatoms. The summed E-state index contributed by atoms with van der Waals surface area (Å²) in [6.45, 7) is 8.15. The lowest BCUT2D eigenvalue weighted by Crippen LogP contribution is -2.23. The fraction of sp³-hybridized carbons (Fsp3) is 0.400. The molecule has 4 rings (SSSR count). The number of benzene rings is 1. The molecular weight excluding hydrogens is 408 g/mol. The zero-order valence-electron chi connectivity index (χ0n) is 19.0. The van der Waals surface area contributed by atoms with Gasteiger partial charge in [-0.05, 0) is 57.2 Å². The molecule has 0 unspecified atom stereocenters. The maximum absolute atomic E-state index is 12.6.